The van der Waals surface area contributed by atoms with Gasteiger partial charge in [0.15, 0.2) is 0 Å². The van der Waals surface area contributed by atoms with Crippen molar-refractivity contribution in [2.24, 2.45) is 0 Å². The number of benzene rings is 2. The molecule has 0 spiro atoms. The SMILES string of the molecule is C=CC(CC)OC(=O)N1C[C@H](O[Si](c2ccccc2)(c2ccccc2)C(C)(C)C)CC1=O. The van der Waals surface area contributed by atoms with Crippen LogP contribution in [0.25, 0.3) is 0 Å². The number of carbonyl (C=O) groups excluding carboxylic acids is 2. The Labute approximate surface area is 192 Å². The normalized spacial score (nSPS) is 17.8. The van der Waals surface area contributed by atoms with E-state index in [1.54, 1.807) is 6.08 Å². The Hall–Kier alpha value is -2.70. The van der Waals surface area contributed by atoms with Crippen molar-refractivity contribution in [2.45, 2.75) is 57.8 Å². The van der Waals surface area contributed by atoms with Crippen molar-refractivity contribution in [1.82, 2.24) is 4.90 Å². The fourth-order valence-corrected chi connectivity index (χ4v) is 9.04. The molecule has 2 aromatic carbocycles. The molecule has 3 rings (SSSR count). The fourth-order valence-electron chi connectivity index (χ4n) is 4.36. The van der Waals surface area contributed by atoms with Crippen LogP contribution in [0.1, 0.15) is 40.5 Å². The van der Waals surface area contributed by atoms with E-state index in [0.717, 1.165) is 10.4 Å². The second-order valence-electron chi connectivity index (χ2n) is 9.18. The minimum absolute atomic E-state index is 0.157. The molecule has 0 aliphatic carbocycles. The maximum absolute atomic E-state index is 12.7. The maximum Gasteiger partial charge on any atom is 0.417 e. The average molecular weight is 452 g/mol. The number of amides is 2. The van der Waals surface area contributed by atoms with Crippen LogP contribution in [0.2, 0.25) is 5.04 Å². The lowest BCUT2D eigenvalue weighted by Gasteiger charge is -2.44. The standard InChI is InChI=1S/C26H33NO4Si/c1-6-20(7-2)30-25(29)27-19-21(18-24(27)28)31-32(26(3,4)5,22-14-10-8-11-15-22)23-16-12-9-13-17-23/h6,8-17,20-21H,1,7,18-19H2,2-5H3/t20?,21-/m1/s1. The molecule has 1 aliphatic rings. The van der Waals surface area contributed by atoms with E-state index in [2.05, 4.69) is 51.6 Å². The molecule has 1 saturated heterocycles. The first-order chi connectivity index (χ1) is 15.2. The monoisotopic (exact) mass is 451 g/mol. The molecule has 0 bridgehead atoms. The highest BCUT2D eigenvalue weighted by Crippen LogP contribution is 2.38. The number of nitrogens with zero attached hydrogens (tertiary/aromatic N) is 1. The summed E-state index contributed by atoms with van der Waals surface area (Å²) in [4.78, 5) is 26.5. The van der Waals surface area contributed by atoms with Crippen molar-refractivity contribution in [3.63, 3.8) is 0 Å². The zero-order chi connectivity index (χ0) is 23.4. The summed E-state index contributed by atoms with van der Waals surface area (Å²) < 4.78 is 12.4. The number of ether oxygens (including phenoxy) is 1. The van der Waals surface area contributed by atoms with Gasteiger partial charge in [0.1, 0.15) is 6.10 Å². The summed E-state index contributed by atoms with van der Waals surface area (Å²) in [5, 5.41) is 2.08. The molecule has 0 N–H and O–H groups in total. The molecule has 1 fully saturated rings. The molecule has 6 heteroatoms. The Balaban J connectivity index is 1.96. The lowest BCUT2D eigenvalue weighted by atomic mass is 10.2. The van der Waals surface area contributed by atoms with Crippen LogP contribution in [0.5, 0.6) is 0 Å². The molecule has 32 heavy (non-hydrogen) atoms. The lowest BCUT2D eigenvalue weighted by molar-refractivity contribution is -0.126. The van der Waals surface area contributed by atoms with E-state index in [1.807, 2.05) is 43.3 Å². The first-order valence-electron chi connectivity index (χ1n) is 11.1. The fraction of sp³-hybridized carbons (Fsp3) is 0.385. The van der Waals surface area contributed by atoms with Crippen molar-refractivity contribution in [3.8, 4) is 0 Å². The summed E-state index contributed by atoms with van der Waals surface area (Å²) in [5.41, 5.74) is 0. The predicted molar refractivity (Wildman–Crippen MR) is 130 cm³/mol. The van der Waals surface area contributed by atoms with E-state index >= 15 is 0 Å². The van der Waals surface area contributed by atoms with Crippen molar-refractivity contribution >= 4 is 30.7 Å². The van der Waals surface area contributed by atoms with Gasteiger partial charge in [-0.1, -0.05) is 101 Å². The molecule has 1 aliphatic heterocycles. The summed E-state index contributed by atoms with van der Waals surface area (Å²) in [6.07, 6.45) is 0.908. The second-order valence-corrected chi connectivity index (χ2v) is 13.4. The first-order valence-corrected chi connectivity index (χ1v) is 13.1. The van der Waals surface area contributed by atoms with Gasteiger partial charge in [0.2, 0.25) is 5.91 Å². The molecule has 2 aromatic rings. The van der Waals surface area contributed by atoms with Crippen LogP contribution < -0.4 is 10.4 Å². The largest absolute Gasteiger partial charge is 0.442 e. The maximum atomic E-state index is 12.7. The molecule has 170 valence electrons. The van der Waals surface area contributed by atoms with Crippen molar-refractivity contribution in [2.75, 3.05) is 6.54 Å². The lowest BCUT2D eigenvalue weighted by Crippen LogP contribution is -2.67. The number of carbonyl (C=O) groups is 2. The quantitative estimate of drug-likeness (QED) is 0.466. The minimum atomic E-state index is -2.80. The third-order valence-corrected chi connectivity index (χ3v) is 11.1. The van der Waals surface area contributed by atoms with Gasteiger partial charge < -0.3 is 9.16 Å². The summed E-state index contributed by atoms with van der Waals surface area (Å²) >= 11 is 0. The smallest absolute Gasteiger partial charge is 0.417 e. The van der Waals surface area contributed by atoms with Gasteiger partial charge in [0.05, 0.1) is 19.1 Å². The van der Waals surface area contributed by atoms with Gasteiger partial charge in [0, 0.05) is 0 Å². The molecule has 0 radical (unpaired) electrons. The van der Waals surface area contributed by atoms with Gasteiger partial charge in [-0.2, -0.15) is 0 Å². The zero-order valence-electron chi connectivity index (χ0n) is 19.4. The number of hydrogen-bond acceptors (Lipinski definition) is 4. The van der Waals surface area contributed by atoms with Crippen LogP contribution >= 0.6 is 0 Å². The van der Waals surface area contributed by atoms with Gasteiger partial charge in [0.25, 0.3) is 8.32 Å². The van der Waals surface area contributed by atoms with E-state index in [4.69, 9.17) is 9.16 Å². The number of rotatable bonds is 7. The van der Waals surface area contributed by atoms with E-state index in [0.29, 0.717) is 6.42 Å². The van der Waals surface area contributed by atoms with E-state index in [1.165, 1.54) is 4.90 Å². The summed E-state index contributed by atoms with van der Waals surface area (Å²) in [5.74, 6) is -0.267. The van der Waals surface area contributed by atoms with Crippen LogP contribution in [0.4, 0.5) is 4.79 Å². The van der Waals surface area contributed by atoms with Gasteiger partial charge in [-0.05, 0) is 21.8 Å². The highest BCUT2D eigenvalue weighted by atomic mass is 28.4. The second kappa shape index (κ2) is 9.84. The molecule has 1 heterocycles. The Morgan fingerprint density at radius 2 is 1.66 bits per heavy atom. The summed E-state index contributed by atoms with van der Waals surface area (Å²) in [6, 6.07) is 20.6. The molecule has 5 nitrogen and oxygen atoms in total. The van der Waals surface area contributed by atoms with Gasteiger partial charge in [-0.3, -0.25) is 4.79 Å². The number of imide groups is 1. The molecular formula is C26H33NO4Si. The van der Waals surface area contributed by atoms with E-state index < -0.39 is 26.6 Å². The molecule has 0 saturated carbocycles. The predicted octanol–water partition coefficient (Wildman–Crippen LogP) is 4.27. The van der Waals surface area contributed by atoms with Crippen LogP contribution in [0.3, 0.4) is 0 Å². The highest BCUT2D eigenvalue weighted by Gasteiger charge is 2.53. The van der Waals surface area contributed by atoms with Crippen LogP contribution in [0, 0.1) is 0 Å². The number of hydrogen-bond donors (Lipinski definition) is 0. The van der Waals surface area contributed by atoms with Gasteiger partial charge in [-0.25, -0.2) is 9.69 Å². The Bertz CT molecular complexity index is 900. The van der Waals surface area contributed by atoms with Crippen LogP contribution in [0.15, 0.2) is 73.3 Å². The molecular weight excluding hydrogens is 418 g/mol. The molecule has 1 unspecified atom stereocenters. The van der Waals surface area contributed by atoms with E-state index in [9.17, 15) is 9.59 Å². The van der Waals surface area contributed by atoms with E-state index in [-0.39, 0.29) is 23.9 Å². The topological polar surface area (TPSA) is 55.8 Å². The van der Waals surface area contributed by atoms with Crippen molar-refractivity contribution in [3.05, 3.63) is 73.3 Å². The van der Waals surface area contributed by atoms with Gasteiger partial charge >= 0.3 is 6.09 Å². The Morgan fingerprint density at radius 3 is 2.09 bits per heavy atom. The molecule has 0 aromatic heterocycles. The molecule has 2 atom stereocenters. The van der Waals surface area contributed by atoms with Crippen molar-refractivity contribution < 1.29 is 18.8 Å². The Morgan fingerprint density at radius 1 is 1.12 bits per heavy atom. The Kier molecular flexibility index (Phi) is 7.36. The highest BCUT2D eigenvalue weighted by molar-refractivity contribution is 6.99. The van der Waals surface area contributed by atoms with Gasteiger partial charge in [-0.15, -0.1) is 0 Å². The zero-order valence-corrected chi connectivity index (χ0v) is 20.4. The van der Waals surface area contributed by atoms with Crippen LogP contribution in [-0.2, 0) is 14.0 Å². The average Bonchev–Trinajstić information content (AvgIpc) is 3.16. The minimum Gasteiger partial charge on any atom is -0.442 e. The van der Waals surface area contributed by atoms with Crippen molar-refractivity contribution in [1.29, 1.82) is 0 Å². The first kappa shape index (κ1) is 23.9. The molecule has 2 amide bonds. The number of likely N-dealkylation sites (tertiary alicyclic amines) is 1. The summed E-state index contributed by atoms with van der Waals surface area (Å²) in [7, 11) is -2.80. The third-order valence-electron chi connectivity index (χ3n) is 5.99. The van der Waals surface area contributed by atoms with Crippen LogP contribution in [-0.4, -0.2) is 44.0 Å². The summed E-state index contributed by atoms with van der Waals surface area (Å²) in [6.45, 7) is 12.4. The third kappa shape index (κ3) is 4.71.